The van der Waals surface area contributed by atoms with E-state index in [4.69, 9.17) is 4.42 Å². The highest BCUT2D eigenvalue weighted by Crippen LogP contribution is 2.34. The number of rotatable bonds is 5. The van der Waals surface area contributed by atoms with E-state index < -0.39 is 0 Å². The number of quaternary nitrogens is 2. The summed E-state index contributed by atoms with van der Waals surface area (Å²) >= 11 is 0. The number of carbonyl (C=O) groups is 1. The maximum atomic E-state index is 13.6. The molecule has 0 fully saturated rings. The van der Waals surface area contributed by atoms with Gasteiger partial charge in [-0.3, -0.25) is 9.59 Å². The third-order valence-corrected chi connectivity index (χ3v) is 5.31. The van der Waals surface area contributed by atoms with Gasteiger partial charge < -0.3 is 23.7 Å². The number of nitrogens with one attached hydrogen (secondary N) is 2. The Balaban J connectivity index is 2.23. The van der Waals surface area contributed by atoms with Crippen LogP contribution in [0.3, 0.4) is 0 Å². The monoisotopic (exact) mass is 409 g/mol. The van der Waals surface area contributed by atoms with Crippen molar-refractivity contribution in [3.8, 4) is 5.75 Å². The highest BCUT2D eigenvalue weighted by atomic mass is 16.3. The van der Waals surface area contributed by atoms with Gasteiger partial charge in [0.1, 0.15) is 24.5 Å². The first-order valence-electron chi connectivity index (χ1n) is 10.0. The molecule has 0 aliphatic rings. The number of phenolic OH excluding ortho intramolecular Hbond substituents is 1. The third-order valence-electron chi connectivity index (χ3n) is 5.31. The van der Waals surface area contributed by atoms with E-state index in [-0.39, 0.29) is 22.5 Å². The molecule has 30 heavy (non-hydrogen) atoms. The molecule has 4 aromatic rings. The van der Waals surface area contributed by atoms with Gasteiger partial charge in [-0.15, -0.1) is 0 Å². The van der Waals surface area contributed by atoms with Gasteiger partial charge in [-0.25, -0.2) is 0 Å². The zero-order valence-corrected chi connectivity index (χ0v) is 17.9. The number of hydrogen-bond donors (Lipinski definition) is 3. The molecule has 0 aliphatic heterocycles. The molecule has 3 N–H and O–H groups in total. The number of ketones is 1. The van der Waals surface area contributed by atoms with Crippen LogP contribution in [0.1, 0.15) is 28.5 Å². The molecule has 0 bridgehead atoms. The number of nitrogens with zero attached hydrogens (tertiary/aromatic N) is 1. The maximum Gasteiger partial charge on any atom is 0.202 e. The number of aromatic hydroxyl groups is 1. The summed E-state index contributed by atoms with van der Waals surface area (Å²) in [6.07, 6.45) is 1.76. The summed E-state index contributed by atoms with van der Waals surface area (Å²) in [7, 11) is 7.93. The van der Waals surface area contributed by atoms with Crippen molar-refractivity contribution in [2.24, 2.45) is 0 Å². The lowest BCUT2D eigenvalue weighted by atomic mass is 10.0. The number of aromatic nitrogens is 1. The highest BCUT2D eigenvalue weighted by Gasteiger charge is 2.26. The van der Waals surface area contributed by atoms with Crippen LogP contribution in [0.25, 0.3) is 27.5 Å². The summed E-state index contributed by atoms with van der Waals surface area (Å²) in [5.74, 6) is -0.0360. The van der Waals surface area contributed by atoms with Crippen molar-refractivity contribution in [1.29, 1.82) is 0 Å². The smallest absolute Gasteiger partial charge is 0.202 e. The number of hydrogen-bond acceptors (Lipinski definition) is 4. The van der Waals surface area contributed by atoms with Crippen LogP contribution in [0.5, 0.6) is 5.75 Å². The van der Waals surface area contributed by atoms with E-state index in [9.17, 15) is 14.7 Å². The summed E-state index contributed by atoms with van der Waals surface area (Å²) < 4.78 is 7.96. The molecule has 7 nitrogen and oxygen atoms in total. The summed E-state index contributed by atoms with van der Waals surface area (Å²) in [5.41, 5.74) is 2.71. The van der Waals surface area contributed by atoms with E-state index in [1.165, 1.54) is 6.92 Å². The predicted octanol–water partition coefficient (Wildman–Crippen LogP) is 0.396. The van der Waals surface area contributed by atoms with E-state index >= 15 is 0 Å². The zero-order chi connectivity index (χ0) is 21.7. The van der Waals surface area contributed by atoms with Gasteiger partial charge >= 0.3 is 0 Å². The number of phenols is 1. The fourth-order valence-corrected chi connectivity index (χ4v) is 4.16. The molecule has 0 saturated heterocycles. The highest BCUT2D eigenvalue weighted by molar-refractivity contribution is 6.12. The SMILES string of the molecule is CC(=O)c1c2oc3c(C[NH+](C)C)c(O)c(C[NH+](C)C)cc3c(=O)c2c2ccccn12. The molecule has 4 rings (SSSR count). The van der Waals surface area contributed by atoms with E-state index in [0.29, 0.717) is 51.8 Å². The Hall–Kier alpha value is -3.16. The second-order valence-electron chi connectivity index (χ2n) is 8.50. The van der Waals surface area contributed by atoms with E-state index in [1.54, 1.807) is 16.7 Å². The van der Waals surface area contributed by atoms with Crippen LogP contribution in [0.4, 0.5) is 0 Å². The molecular weight excluding hydrogens is 382 g/mol. The Morgan fingerprint density at radius 1 is 1.10 bits per heavy atom. The molecule has 156 valence electrons. The molecule has 0 spiro atoms. The standard InChI is InChI=1S/C23H25N3O4/c1-13(27)19-23-18(17-8-6-7-9-26(17)19)21(29)15-10-14(11-24(2)3)20(28)16(12-25(4)5)22(15)30-23/h6-10,28H,11-12H2,1-5H3/p+2. The van der Waals surface area contributed by atoms with Gasteiger partial charge in [0.05, 0.1) is 50.0 Å². The van der Waals surface area contributed by atoms with Crippen LogP contribution in [0.2, 0.25) is 0 Å². The van der Waals surface area contributed by atoms with Gasteiger partial charge in [-0.2, -0.15) is 0 Å². The minimum atomic E-state index is -0.189. The van der Waals surface area contributed by atoms with Gasteiger partial charge in [0.2, 0.25) is 5.43 Å². The molecule has 1 aromatic carbocycles. The van der Waals surface area contributed by atoms with Crippen LogP contribution in [-0.4, -0.2) is 43.5 Å². The van der Waals surface area contributed by atoms with Crippen molar-refractivity contribution < 1.29 is 24.1 Å². The van der Waals surface area contributed by atoms with Crippen LogP contribution in [-0.2, 0) is 13.1 Å². The summed E-state index contributed by atoms with van der Waals surface area (Å²) in [6, 6.07) is 7.19. The van der Waals surface area contributed by atoms with Crippen LogP contribution in [0.15, 0.2) is 39.7 Å². The average molecular weight is 409 g/mol. The second-order valence-corrected chi connectivity index (χ2v) is 8.50. The van der Waals surface area contributed by atoms with Crippen LogP contribution in [0, 0.1) is 0 Å². The molecule has 0 amide bonds. The van der Waals surface area contributed by atoms with Crippen molar-refractivity contribution in [2.45, 2.75) is 20.0 Å². The molecule has 3 aromatic heterocycles. The van der Waals surface area contributed by atoms with Gasteiger partial charge in [0, 0.05) is 18.7 Å². The normalized spacial score (nSPS) is 12.1. The average Bonchev–Trinajstić information content (AvgIpc) is 3.00. The topological polar surface area (TPSA) is 80.8 Å². The Morgan fingerprint density at radius 2 is 1.80 bits per heavy atom. The van der Waals surface area contributed by atoms with E-state index in [0.717, 1.165) is 9.80 Å². The van der Waals surface area contributed by atoms with Crippen molar-refractivity contribution in [3.05, 3.63) is 57.5 Å². The fourth-order valence-electron chi connectivity index (χ4n) is 4.16. The quantitative estimate of drug-likeness (QED) is 0.417. The first-order valence-corrected chi connectivity index (χ1v) is 10.0. The Kier molecular flexibility index (Phi) is 4.88. The Labute approximate surface area is 173 Å². The number of fused-ring (bicyclic) bond motifs is 4. The van der Waals surface area contributed by atoms with Crippen molar-refractivity contribution in [3.63, 3.8) is 0 Å². The van der Waals surface area contributed by atoms with Crippen molar-refractivity contribution >= 4 is 33.2 Å². The Bertz CT molecular complexity index is 1360. The number of carbonyl (C=O) groups excluding carboxylic acids is 1. The first-order chi connectivity index (χ1) is 14.2. The molecular formula is C23H27N3O4+2. The first kappa shape index (κ1) is 20.1. The van der Waals surface area contributed by atoms with Gasteiger partial charge in [0.15, 0.2) is 16.9 Å². The largest absolute Gasteiger partial charge is 0.507 e. The molecule has 7 heteroatoms. The number of pyridine rings is 1. The van der Waals surface area contributed by atoms with Crippen LogP contribution >= 0.6 is 0 Å². The number of Topliss-reactive ketones (excluding diaryl/α,β-unsaturated/α-hetero) is 1. The van der Waals surface area contributed by atoms with E-state index in [2.05, 4.69) is 0 Å². The zero-order valence-electron chi connectivity index (χ0n) is 17.9. The summed E-state index contributed by atoms with van der Waals surface area (Å²) in [4.78, 5) is 28.3. The Morgan fingerprint density at radius 3 is 2.43 bits per heavy atom. The molecule has 0 unspecified atom stereocenters. The fraction of sp³-hybridized carbons (Fsp3) is 0.304. The molecule has 3 heterocycles. The lowest BCUT2D eigenvalue weighted by molar-refractivity contribution is -0.873. The van der Waals surface area contributed by atoms with E-state index in [1.807, 2.05) is 46.4 Å². The van der Waals surface area contributed by atoms with Gasteiger partial charge in [0.25, 0.3) is 0 Å². The molecule has 0 atom stereocenters. The lowest BCUT2D eigenvalue weighted by Crippen LogP contribution is -3.04. The number of benzene rings is 1. The minimum absolute atomic E-state index is 0.153. The molecule has 0 saturated carbocycles. The third kappa shape index (κ3) is 3.07. The van der Waals surface area contributed by atoms with Crippen LogP contribution < -0.4 is 15.2 Å². The lowest BCUT2D eigenvalue weighted by Gasteiger charge is -2.15. The molecule has 0 aliphatic carbocycles. The van der Waals surface area contributed by atoms with Gasteiger partial charge in [-0.1, -0.05) is 6.07 Å². The van der Waals surface area contributed by atoms with Gasteiger partial charge in [-0.05, 0) is 18.2 Å². The minimum Gasteiger partial charge on any atom is -0.507 e. The van der Waals surface area contributed by atoms with Crippen molar-refractivity contribution in [1.82, 2.24) is 4.40 Å². The summed E-state index contributed by atoms with van der Waals surface area (Å²) in [6.45, 7) is 2.52. The summed E-state index contributed by atoms with van der Waals surface area (Å²) in [5, 5.41) is 11.8. The maximum absolute atomic E-state index is 13.6. The molecule has 0 radical (unpaired) electrons. The second kappa shape index (κ2) is 7.27. The predicted molar refractivity (Wildman–Crippen MR) is 116 cm³/mol. The van der Waals surface area contributed by atoms with Crippen molar-refractivity contribution in [2.75, 3.05) is 28.2 Å².